The van der Waals surface area contributed by atoms with Gasteiger partial charge in [0, 0.05) is 0 Å². The molecule has 0 aliphatic carbocycles. The highest BCUT2D eigenvalue weighted by Gasteiger charge is 2.48. The van der Waals surface area contributed by atoms with Crippen molar-refractivity contribution in [2.75, 3.05) is 0 Å². The molecular weight excluding hydrogens is 266 g/mol. The fourth-order valence-electron chi connectivity index (χ4n) is 1.38. The Kier molecular flexibility index (Phi) is 4.07. The molecule has 1 heterocycles. The zero-order valence-corrected chi connectivity index (χ0v) is 10.6. The van der Waals surface area contributed by atoms with E-state index in [1.807, 2.05) is 0 Å². The summed E-state index contributed by atoms with van der Waals surface area (Å²) in [7, 11) is -4.68. The molecule has 102 valence electrons. The lowest BCUT2D eigenvalue weighted by molar-refractivity contribution is -0.198. The first-order valence-electron chi connectivity index (χ1n) is 5.16. The summed E-state index contributed by atoms with van der Waals surface area (Å²) in [5.74, 6) is -3.08. The highest BCUT2D eigenvalue weighted by atomic mass is 32.2. The van der Waals surface area contributed by atoms with Crippen molar-refractivity contribution in [3.05, 3.63) is 0 Å². The monoisotopic (exact) mass is 279 g/mol. The van der Waals surface area contributed by atoms with Gasteiger partial charge in [-0.1, -0.05) is 13.8 Å². The topological polar surface area (TPSA) is 118 Å². The Balaban J connectivity index is 2.77. The maximum absolute atomic E-state index is 11.5. The van der Waals surface area contributed by atoms with Gasteiger partial charge < -0.3 is 4.84 Å². The maximum Gasteiger partial charge on any atom is 0.333 e. The third-order valence-electron chi connectivity index (χ3n) is 2.19. The van der Waals surface area contributed by atoms with Gasteiger partial charge in [-0.2, -0.15) is 8.42 Å². The van der Waals surface area contributed by atoms with Crippen molar-refractivity contribution in [1.29, 1.82) is 0 Å². The van der Waals surface area contributed by atoms with E-state index in [9.17, 15) is 22.8 Å². The first-order chi connectivity index (χ1) is 8.12. The number of nitrogens with zero attached hydrogens (tertiary/aromatic N) is 1. The van der Waals surface area contributed by atoms with Crippen molar-refractivity contribution < 1.29 is 32.2 Å². The minimum atomic E-state index is -4.68. The van der Waals surface area contributed by atoms with Gasteiger partial charge in [-0.3, -0.25) is 14.1 Å². The standard InChI is InChI=1S/C9H13NO7S/c1-5(2)3-8(12)17-10-7(11)4-6(9(10)13)18(14,15)16/h5-6H,3-4H2,1-2H3,(H,14,15,16). The van der Waals surface area contributed by atoms with E-state index < -0.39 is 39.6 Å². The van der Waals surface area contributed by atoms with Crippen LogP contribution in [0.25, 0.3) is 0 Å². The zero-order valence-electron chi connectivity index (χ0n) is 9.82. The van der Waals surface area contributed by atoms with Crippen LogP contribution in [0.15, 0.2) is 0 Å². The molecule has 1 aliphatic rings. The first kappa shape index (κ1) is 14.6. The summed E-state index contributed by atoms with van der Waals surface area (Å²) in [6, 6.07) is 0. The molecule has 1 aliphatic heterocycles. The third kappa shape index (κ3) is 3.26. The van der Waals surface area contributed by atoms with Crippen LogP contribution in [0.5, 0.6) is 0 Å². The lowest BCUT2D eigenvalue weighted by atomic mass is 10.1. The molecule has 0 aromatic rings. The lowest BCUT2D eigenvalue weighted by Gasteiger charge is -2.13. The minimum absolute atomic E-state index is 0.0202. The van der Waals surface area contributed by atoms with Gasteiger partial charge in [-0.05, 0) is 5.92 Å². The molecule has 1 fully saturated rings. The Morgan fingerprint density at radius 1 is 1.50 bits per heavy atom. The number of rotatable bonds is 4. The van der Waals surface area contributed by atoms with Gasteiger partial charge in [0.05, 0.1) is 12.8 Å². The van der Waals surface area contributed by atoms with Crippen molar-refractivity contribution in [3.63, 3.8) is 0 Å². The summed E-state index contributed by atoms with van der Waals surface area (Å²) < 4.78 is 30.4. The molecule has 0 radical (unpaired) electrons. The SMILES string of the molecule is CC(C)CC(=O)ON1C(=O)CC(S(=O)(=O)O)C1=O. The molecule has 0 saturated carbocycles. The van der Waals surface area contributed by atoms with Gasteiger partial charge in [0.2, 0.25) is 0 Å². The van der Waals surface area contributed by atoms with E-state index in [1.165, 1.54) is 0 Å². The van der Waals surface area contributed by atoms with Crippen molar-refractivity contribution in [2.24, 2.45) is 5.92 Å². The van der Waals surface area contributed by atoms with Crippen LogP contribution in [0.1, 0.15) is 26.7 Å². The molecule has 1 N–H and O–H groups in total. The zero-order chi connectivity index (χ0) is 14.1. The summed E-state index contributed by atoms with van der Waals surface area (Å²) >= 11 is 0. The Labute approximate surface area is 104 Å². The van der Waals surface area contributed by atoms with Gasteiger partial charge >= 0.3 is 5.97 Å². The third-order valence-corrected chi connectivity index (χ3v) is 3.28. The van der Waals surface area contributed by atoms with Crippen LogP contribution in [-0.4, -0.2) is 41.1 Å². The highest BCUT2D eigenvalue weighted by molar-refractivity contribution is 7.87. The number of carbonyl (C=O) groups is 3. The average molecular weight is 279 g/mol. The predicted molar refractivity (Wildman–Crippen MR) is 57.4 cm³/mol. The van der Waals surface area contributed by atoms with E-state index in [-0.39, 0.29) is 17.4 Å². The fraction of sp³-hybridized carbons (Fsp3) is 0.667. The second-order valence-corrected chi connectivity index (χ2v) is 5.89. The van der Waals surface area contributed by atoms with Crippen LogP contribution >= 0.6 is 0 Å². The minimum Gasteiger partial charge on any atom is -0.330 e. The van der Waals surface area contributed by atoms with Crippen molar-refractivity contribution >= 4 is 27.9 Å². The highest BCUT2D eigenvalue weighted by Crippen LogP contribution is 2.20. The Hall–Kier alpha value is -1.48. The van der Waals surface area contributed by atoms with E-state index in [1.54, 1.807) is 13.8 Å². The van der Waals surface area contributed by atoms with E-state index >= 15 is 0 Å². The Morgan fingerprint density at radius 3 is 2.44 bits per heavy atom. The Morgan fingerprint density at radius 2 is 2.06 bits per heavy atom. The van der Waals surface area contributed by atoms with Crippen LogP contribution in [0.4, 0.5) is 0 Å². The molecule has 1 unspecified atom stereocenters. The summed E-state index contributed by atoms with van der Waals surface area (Å²) in [6.07, 6.45) is -0.750. The van der Waals surface area contributed by atoms with Gasteiger partial charge in [-0.15, -0.1) is 5.06 Å². The molecule has 2 amide bonds. The Bertz CT molecular complexity index is 481. The van der Waals surface area contributed by atoms with Gasteiger partial charge in [0.15, 0.2) is 5.25 Å². The van der Waals surface area contributed by atoms with Gasteiger partial charge in [0.25, 0.3) is 21.9 Å². The van der Waals surface area contributed by atoms with Crippen LogP contribution in [0, 0.1) is 5.92 Å². The number of imide groups is 1. The molecule has 1 rings (SSSR count). The quantitative estimate of drug-likeness (QED) is 0.544. The average Bonchev–Trinajstić information content (AvgIpc) is 2.43. The molecule has 8 nitrogen and oxygen atoms in total. The van der Waals surface area contributed by atoms with Crippen molar-refractivity contribution in [1.82, 2.24) is 5.06 Å². The maximum atomic E-state index is 11.5. The van der Waals surface area contributed by atoms with Crippen LogP contribution < -0.4 is 0 Å². The second kappa shape index (κ2) is 5.02. The second-order valence-electron chi connectivity index (χ2n) is 4.30. The number of amides is 2. The molecule has 0 spiro atoms. The normalized spacial score (nSPS) is 20.7. The van der Waals surface area contributed by atoms with Gasteiger partial charge in [0.1, 0.15) is 0 Å². The molecule has 0 aromatic carbocycles. The molecule has 0 aromatic heterocycles. The van der Waals surface area contributed by atoms with Crippen LogP contribution in [0.2, 0.25) is 0 Å². The van der Waals surface area contributed by atoms with Crippen molar-refractivity contribution in [3.8, 4) is 0 Å². The van der Waals surface area contributed by atoms with E-state index in [0.717, 1.165) is 0 Å². The predicted octanol–water partition coefficient (Wildman–Crippen LogP) is -0.494. The molecule has 1 atom stereocenters. The first-order valence-corrected chi connectivity index (χ1v) is 6.67. The van der Waals surface area contributed by atoms with Crippen molar-refractivity contribution in [2.45, 2.75) is 31.9 Å². The molecular formula is C9H13NO7S. The van der Waals surface area contributed by atoms with Gasteiger partial charge in [-0.25, -0.2) is 4.79 Å². The largest absolute Gasteiger partial charge is 0.333 e. The number of hydrogen-bond acceptors (Lipinski definition) is 6. The molecule has 18 heavy (non-hydrogen) atoms. The fourth-order valence-corrected chi connectivity index (χ4v) is 2.09. The molecule has 9 heteroatoms. The van der Waals surface area contributed by atoms with Crippen LogP contribution in [0.3, 0.4) is 0 Å². The number of carbonyl (C=O) groups excluding carboxylic acids is 3. The smallest absolute Gasteiger partial charge is 0.330 e. The van der Waals surface area contributed by atoms with E-state index in [2.05, 4.69) is 4.84 Å². The number of hydroxylamine groups is 2. The summed E-state index contributed by atoms with van der Waals surface area (Å²) in [6.45, 7) is 3.46. The van der Waals surface area contributed by atoms with Crippen LogP contribution in [-0.2, 0) is 29.3 Å². The summed E-state index contributed by atoms with van der Waals surface area (Å²) in [5, 5.41) is -1.79. The number of hydrogen-bond donors (Lipinski definition) is 1. The summed E-state index contributed by atoms with van der Waals surface area (Å²) in [4.78, 5) is 38.6. The summed E-state index contributed by atoms with van der Waals surface area (Å²) in [5.41, 5.74) is 0. The molecule has 0 bridgehead atoms. The lowest BCUT2D eigenvalue weighted by Crippen LogP contribution is -2.36. The van der Waals surface area contributed by atoms with E-state index in [4.69, 9.17) is 4.55 Å². The van der Waals surface area contributed by atoms with E-state index in [0.29, 0.717) is 0 Å². The molecule has 1 saturated heterocycles.